The Kier molecular flexibility index (Phi) is 6.45. The minimum absolute atomic E-state index is 0.239. The van der Waals surface area contributed by atoms with Crippen LogP contribution < -0.4 is 10.1 Å². The maximum Gasteiger partial charge on any atom is 0.340 e. The van der Waals surface area contributed by atoms with Crippen molar-refractivity contribution in [2.75, 3.05) is 6.61 Å². The van der Waals surface area contributed by atoms with Gasteiger partial charge in [0, 0.05) is 25.7 Å². The third-order valence-corrected chi connectivity index (χ3v) is 4.54. The summed E-state index contributed by atoms with van der Waals surface area (Å²) in [4.78, 5) is 19.8. The number of carbonyl (C=O) groups excluding carboxylic acids is 1. The van der Waals surface area contributed by atoms with E-state index in [1.807, 2.05) is 0 Å². The summed E-state index contributed by atoms with van der Waals surface area (Å²) in [6, 6.07) is 7.52. The standard InChI is InChI=1S/C19H17ClF4N4O2/c1-11(29)27-15(8-28-10-26-14-4-2-3-13(20)17(14)28)12-5-6-16(25-7-12)30-9-19(23,24)18(21)22/h2-7,10,15,18H,8-9H2,1H3,(H,27,29). The Balaban J connectivity index is 1.79. The van der Waals surface area contributed by atoms with Crippen LogP contribution in [-0.4, -0.2) is 39.4 Å². The monoisotopic (exact) mass is 444 g/mol. The predicted octanol–water partition coefficient (Wildman–Crippen LogP) is 4.24. The number of para-hydroxylation sites is 1. The fraction of sp³-hybridized carbons (Fsp3) is 0.316. The van der Waals surface area contributed by atoms with Gasteiger partial charge in [-0.2, -0.15) is 8.78 Å². The number of aromatic nitrogens is 3. The van der Waals surface area contributed by atoms with Gasteiger partial charge in [-0.1, -0.05) is 17.7 Å². The fourth-order valence-electron chi connectivity index (χ4n) is 2.81. The van der Waals surface area contributed by atoms with Crippen LogP contribution in [0.3, 0.4) is 0 Å². The summed E-state index contributed by atoms with van der Waals surface area (Å²) in [7, 11) is 0. The average Bonchev–Trinajstić information content (AvgIpc) is 3.10. The van der Waals surface area contributed by atoms with Crippen LogP contribution in [0.25, 0.3) is 11.0 Å². The number of alkyl halides is 4. The molecule has 160 valence electrons. The molecule has 0 aliphatic rings. The van der Waals surface area contributed by atoms with E-state index in [1.165, 1.54) is 25.3 Å². The van der Waals surface area contributed by atoms with Crippen molar-refractivity contribution in [3.8, 4) is 5.88 Å². The number of benzene rings is 1. The molecule has 0 spiro atoms. The zero-order valence-corrected chi connectivity index (χ0v) is 16.4. The van der Waals surface area contributed by atoms with E-state index < -0.39 is 25.0 Å². The Labute approximate surface area is 173 Å². The molecule has 0 bridgehead atoms. The highest BCUT2D eigenvalue weighted by Crippen LogP contribution is 2.26. The molecule has 1 N–H and O–H groups in total. The van der Waals surface area contributed by atoms with E-state index in [0.29, 0.717) is 21.6 Å². The highest BCUT2D eigenvalue weighted by Gasteiger charge is 2.41. The van der Waals surface area contributed by atoms with Crippen molar-refractivity contribution in [2.45, 2.75) is 31.9 Å². The molecule has 3 rings (SSSR count). The van der Waals surface area contributed by atoms with Gasteiger partial charge < -0.3 is 14.6 Å². The first-order valence-electron chi connectivity index (χ1n) is 8.78. The van der Waals surface area contributed by atoms with Crippen LogP contribution in [0.15, 0.2) is 42.9 Å². The third kappa shape index (κ3) is 4.99. The zero-order valence-electron chi connectivity index (χ0n) is 15.7. The minimum atomic E-state index is -4.28. The molecule has 0 saturated carbocycles. The number of rotatable bonds is 8. The number of nitrogens with one attached hydrogen (secondary N) is 1. The van der Waals surface area contributed by atoms with Gasteiger partial charge in [0.1, 0.15) is 0 Å². The van der Waals surface area contributed by atoms with Crippen LogP contribution in [-0.2, 0) is 11.3 Å². The van der Waals surface area contributed by atoms with Crippen molar-refractivity contribution >= 4 is 28.5 Å². The van der Waals surface area contributed by atoms with Crippen molar-refractivity contribution in [1.82, 2.24) is 19.9 Å². The molecule has 2 heterocycles. The number of hydrogen-bond acceptors (Lipinski definition) is 4. The molecule has 0 saturated heterocycles. The van der Waals surface area contributed by atoms with Gasteiger partial charge in [0.05, 0.1) is 28.4 Å². The SMILES string of the molecule is CC(=O)NC(Cn1cnc2cccc(Cl)c21)c1ccc(OCC(F)(F)C(F)F)nc1. The van der Waals surface area contributed by atoms with E-state index in [0.717, 1.165) is 0 Å². The molecule has 3 aromatic rings. The number of hydrogen-bond donors (Lipinski definition) is 1. The van der Waals surface area contributed by atoms with E-state index >= 15 is 0 Å². The molecular formula is C19H17ClF4N4O2. The van der Waals surface area contributed by atoms with E-state index in [-0.39, 0.29) is 18.3 Å². The van der Waals surface area contributed by atoms with Crippen LogP contribution in [0.2, 0.25) is 5.02 Å². The maximum atomic E-state index is 13.0. The lowest BCUT2D eigenvalue weighted by Gasteiger charge is -2.20. The van der Waals surface area contributed by atoms with Gasteiger partial charge in [0.2, 0.25) is 11.8 Å². The van der Waals surface area contributed by atoms with E-state index in [1.54, 1.807) is 29.1 Å². The van der Waals surface area contributed by atoms with Crippen molar-refractivity contribution < 1.29 is 27.1 Å². The third-order valence-electron chi connectivity index (χ3n) is 4.24. The van der Waals surface area contributed by atoms with Crippen molar-refractivity contribution in [2.24, 2.45) is 0 Å². The topological polar surface area (TPSA) is 69.0 Å². The number of amides is 1. The minimum Gasteiger partial charge on any atom is -0.471 e. The van der Waals surface area contributed by atoms with Gasteiger partial charge in [-0.25, -0.2) is 18.7 Å². The second-order valence-corrected chi connectivity index (χ2v) is 6.94. The number of imidazole rings is 1. The number of halogens is 5. The highest BCUT2D eigenvalue weighted by molar-refractivity contribution is 6.34. The largest absolute Gasteiger partial charge is 0.471 e. The van der Waals surface area contributed by atoms with Crippen molar-refractivity contribution in [1.29, 1.82) is 0 Å². The van der Waals surface area contributed by atoms with Crippen LogP contribution in [0.4, 0.5) is 17.6 Å². The second-order valence-electron chi connectivity index (χ2n) is 6.54. The van der Waals surface area contributed by atoms with Crippen LogP contribution in [0.1, 0.15) is 18.5 Å². The lowest BCUT2D eigenvalue weighted by Crippen LogP contribution is -2.34. The molecule has 30 heavy (non-hydrogen) atoms. The van der Waals surface area contributed by atoms with E-state index in [2.05, 4.69) is 20.0 Å². The lowest BCUT2D eigenvalue weighted by atomic mass is 10.1. The fourth-order valence-corrected chi connectivity index (χ4v) is 3.09. The molecule has 11 heteroatoms. The zero-order chi connectivity index (χ0) is 21.9. The Morgan fingerprint density at radius 1 is 1.27 bits per heavy atom. The highest BCUT2D eigenvalue weighted by atomic mass is 35.5. The molecule has 0 radical (unpaired) electrons. The summed E-state index contributed by atoms with van der Waals surface area (Å²) in [6.45, 7) is 0.125. The van der Waals surface area contributed by atoms with Gasteiger partial charge in [0.15, 0.2) is 6.61 Å². The molecule has 2 aromatic heterocycles. The van der Waals surface area contributed by atoms with Crippen LogP contribution in [0.5, 0.6) is 5.88 Å². The van der Waals surface area contributed by atoms with Gasteiger partial charge in [-0.3, -0.25) is 4.79 Å². The van der Waals surface area contributed by atoms with Gasteiger partial charge in [-0.05, 0) is 23.8 Å². The molecule has 1 amide bonds. The van der Waals surface area contributed by atoms with Crippen LogP contribution >= 0.6 is 11.6 Å². The summed E-state index contributed by atoms with van der Waals surface area (Å²) in [5.41, 5.74) is 1.93. The molecule has 1 atom stereocenters. The second kappa shape index (κ2) is 8.86. The number of nitrogens with zero attached hydrogens (tertiary/aromatic N) is 3. The molecule has 1 aromatic carbocycles. The lowest BCUT2D eigenvalue weighted by molar-refractivity contribution is -0.148. The summed E-state index contributed by atoms with van der Waals surface area (Å²) in [5.74, 6) is -4.81. The first-order chi connectivity index (χ1) is 14.2. The summed E-state index contributed by atoms with van der Waals surface area (Å²) < 4.78 is 56.8. The molecule has 0 aliphatic heterocycles. The number of fused-ring (bicyclic) bond motifs is 1. The normalized spacial score (nSPS) is 12.9. The van der Waals surface area contributed by atoms with Gasteiger partial charge >= 0.3 is 12.3 Å². The molecule has 6 nitrogen and oxygen atoms in total. The Hall–Kier alpha value is -2.88. The predicted molar refractivity (Wildman–Crippen MR) is 102 cm³/mol. The van der Waals surface area contributed by atoms with Crippen molar-refractivity contribution in [3.63, 3.8) is 0 Å². The Bertz CT molecular complexity index is 1030. The van der Waals surface area contributed by atoms with Crippen LogP contribution in [0, 0.1) is 0 Å². The summed E-state index contributed by atoms with van der Waals surface area (Å²) >= 11 is 6.26. The summed E-state index contributed by atoms with van der Waals surface area (Å²) in [5, 5.41) is 3.27. The number of ether oxygens (including phenoxy) is 1. The Morgan fingerprint density at radius 2 is 2.03 bits per heavy atom. The van der Waals surface area contributed by atoms with E-state index in [4.69, 9.17) is 11.6 Å². The maximum absolute atomic E-state index is 13.0. The molecule has 0 fully saturated rings. The van der Waals surface area contributed by atoms with Gasteiger partial charge in [0.25, 0.3) is 0 Å². The quantitative estimate of drug-likeness (QED) is 0.528. The first kappa shape index (κ1) is 21.8. The molecular weight excluding hydrogens is 428 g/mol. The smallest absolute Gasteiger partial charge is 0.340 e. The number of pyridine rings is 1. The Morgan fingerprint density at radius 3 is 2.67 bits per heavy atom. The first-order valence-corrected chi connectivity index (χ1v) is 9.16. The van der Waals surface area contributed by atoms with Crippen molar-refractivity contribution in [3.05, 3.63) is 53.4 Å². The summed E-state index contributed by atoms with van der Waals surface area (Å²) in [6.07, 6.45) is -0.933. The number of carbonyl (C=O) groups is 1. The van der Waals surface area contributed by atoms with Gasteiger partial charge in [-0.15, -0.1) is 0 Å². The molecule has 1 unspecified atom stereocenters. The average molecular weight is 445 g/mol. The molecule has 0 aliphatic carbocycles. The van der Waals surface area contributed by atoms with E-state index in [9.17, 15) is 22.4 Å².